The Morgan fingerprint density at radius 2 is 1.78 bits per heavy atom. The van der Waals surface area contributed by atoms with Crippen molar-refractivity contribution in [3.63, 3.8) is 0 Å². The molecule has 1 aliphatic rings. The zero-order valence-corrected chi connectivity index (χ0v) is 12.9. The van der Waals surface area contributed by atoms with Crippen molar-refractivity contribution >= 4 is 0 Å². The molecule has 1 aliphatic heterocycles. The molecule has 0 saturated heterocycles. The maximum absolute atomic E-state index is 3.56. The molecule has 18 heavy (non-hydrogen) atoms. The molecule has 1 heteroatoms. The molecule has 1 unspecified atom stereocenters. The molecule has 1 N–H and O–H groups in total. The third kappa shape index (κ3) is 5.56. The summed E-state index contributed by atoms with van der Waals surface area (Å²) in [5.41, 5.74) is 3.43. The maximum atomic E-state index is 3.56. The van der Waals surface area contributed by atoms with Crippen LogP contribution in [0.5, 0.6) is 0 Å². The monoisotopic (exact) mass is 251 g/mol. The Hall–Kier alpha value is -0.300. The van der Waals surface area contributed by atoms with Crippen molar-refractivity contribution in [1.29, 1.82) is 0 Å². The van der Waals surface area contributed by atoms with Gasteiger partial charge in [-0.1, -0.05) is 63.5 Å². The summed E-state index contributed by atoms with van der Waals surface area (Å²) in [5.74, 6) is 0.865. The van der Waals surface area contributed by atoms with E-state index in [1.54, 1.807) is 11.1 Å². The molecule has 106 valence electrons. The molecule has 1 heterocycles. The normalized spacial score (nSPS) is 18.2. The minimum atomic E-state index is 0.865. The van der Waals surface area contributed by atoms with E-state index in [9.17, 15) is 0 Å². The molecule has 0 radical (unpaired) electrons. The Labute approximate surface area is 114 Å². The van der Waals surface area contributed by atoms with Crippen LogP contribution in [0, 0.1) is 5.92 Å². The second kappa shape index (κ2) is 9.61. The van der Waals surface area contributed by atoms with Gasteiger partial charge in [0.15, 0.2) is 0 Å². The SMILES string of the molecule is CCCCCCCC(CCC)C1=C(C)CCNC1. The summed E-state index contributed by atoms with van der Waals surface area (Å²) < 4.78 is 0. The van der Waals surface area contributed by atoms with E-state index in [0.717, 1.165) is 12.5 Å². The second-order valence-electron chi connectivity index (χ2n) is 5.92. The number of hydrogen-bond acceptors (Lipinski definition) is 1. The standard InChI is InChI=1S/C17H33N/c1-4-6-7-8-9-11-16(10-5-2)17-14-18-13-12-15(17)3/h16,18H,4-14H2,1-3H3. The number of unbranched alkanes of at least 4 members (excludes halogenated alkanes) is 4. The van der Waals surface area contributed by atoms with Crippen molar-refractivity contribution in [3.8, 4) is 0 Å². The molecule has 1 rings (SSSR count). The van der Waals surface area contributed by atoms with Gasteiger partial charge in [0.25, 0.3) is 0 Å². The van der Waals surface area contributed by atoms with Gasteiger partial charge in [-0.05, 0) is 38.6 Å². The first kappa shape index (κ1) is 15.8. The average Bonchev–Trinajstić information content (AvgIpc) is 2.38. The highest BCUT2D eigenvalue weighted by Gasteiger charge is 2.18. The second-order valence-corrected chi connectivity index (χ2v) is 5.92. The van der Waals surface area contributed by atoms with Gasteiger partial charge < -0.3 is 5.32 Å². The van der Waals surface area contributed by atoms with Crippen LogP contribution in [-0.4, -0.2) is 13.1 Å². The first-order valence-corrected chi connectivity index (χ1v) is 8.18. The van der Waals surface area contributed by atoms with Gasteiger partial charge in [-0.3, -0.25) is 0 Å². The molecule has 0 aliphatic carbocycles. The zero-order valence-electron chi connectivity index (χ0n) is 12.9. The van der Waals surface area contributed by atoms with Crippen LogP contribution in [0.3, 0.4) is 0 Å². The van der Waals surface area contributed by atoms with E-state index in [1.807, 2.05) is 0 Å². The van der Waals surface area contributed by atoms with E-state index in [4.69, 9.17) is 0 Å². The Kier molecular flexibility index (Phi) is 8.41. The minimum absolute atomic E-state index is 0.865. The highest BCUT2D eigenvalue weighted by atomic mass is 14.9. The lowest BCUT2D eigenvalue weighted by molar-refractivity contribution is 0.448. The van der Waals surface area contributed by atoms with Crippen LogP contribution in [0.2, 0.25) is 0 Å². The van der Waals surface area contributed by atoms with Crippen LogP contribution < -0.4 is 5.32 Å². The van der Waals surface area contributed by atoms with Crippen LogP contribution in [0.1, 0.15) is 78.6 Å². The first-order chi connectivity index (χ1) is 8.79. The van der Waals surface area contributed by atoms with Crippen LogP contribution >= 0.6 is 0 Å². The third-order valence-corrected chi connectivity index (χ3v) is 4.33. The highest BCUT2D eigenvalue weighted by molar-refractivity contribution is 5.19. The predicted molar refractivity (Wildman–Crippen MR) is 82.0 cm³/mol. The lowest BCUT2D eigenvalue weighted by atomic mass is 9.84. The summed E-state index contributed by atoms with van der Waals surface area (Å²) in [6.45, 7) is 9.32. The molecule has 0 amide bonds. The number of hydrogen-bond donors (Lipinski definition) is 1. The maximum Gasteiger partial charge on any atom is 0.0170 e. The summed E-state index contributed by atoms with van der Waals surface area (Å²) in [5, 5.41) is 3.56. The summed E-state index contributed by atoms with van der Waals surface area (Å²) in [6.07, 6.45) is 12.5. The summed E-state index contributed by atoms with van der Waals surface area (Å²) in [4.78, 5) is 0. The summed E-state index contributed by atoms with van der Waals surface area (Å²) in [7, 11) is 0. The topological polar surface area (TPSA) is 12.0 Å². The smallest absolute Gasteiger partial charge is 0.0170 e. The molecule has 0 aromatic rings. The predicted octanol–water partition coefficient (Wildman–Crippen LogP) is 5.07. The molecule has 0 bridgehead atoms. The molecule has 1 nitrogen and oxygen atoms in total. The molecular weight excluding hydrogens is 218 g/mol. The van der Waals surface area contributed by atoms with Gasteiger partial charge in [-0.25, -0.2) is 0 Å². The van der Waals surface area contributed by atoms with Gasteiger partial charge in [-0.15, -0.1) is 0 Å². The van der Waals surface area contributed by atoms with Crippen molar-refractivity contribution in [3.05, 3.63) is 11.1 Å². The van der Waals surface area contributed by atoms with E-state index in [1.165, 1.54) is 64.3 Å². The first-order valence-electron chi connectivity index (χ1n) is 8.18. The van der Waals surface area contributed by atoms with Gasteiger partial charge in [0, 0.05) is 6.54 Å². The fourth-order valence-electron chi connectivity index (χ4n) is 3.14. The van der Waals surface area contributed by atoms with Gasteiger partial charge in [0.2, 0.25) is 0 Å². The van der Waals surface area contributed by atoms with Crippen LogP contribution in [0.4, 0.5) is 0 Å². The van der Waals surface area contributed by atoms with E-state index in [-0.39, 0.29) is 0 Å². The van der Waals surface area contributed by atoms with E-state index in [0.29, 0.717) is 0 Å². The van der Waals surface area contributed by atoms with Crippen LogP contribution in [0.15, 0.2) is 11.1 Å². The molecule has 0 saturated carbocycles. The minimum Gasteiger partial charge on any atom is -0.313 e. The largest absolute Gasteiger partial charge is 0.313 e. The number of rotatable bonds is 9. The average molecular weight is 251 g/mol. The van der Waals surface area contributed by atoms with Gasteiger partial charge >= 0.3 is 0 Å². The van der Waals surface area contributed by atoms with Crippen molar-refractivity contribution < 1.29 is 0 Å². The summed E-state index contributed by atoms with van der Waals surface area (Å²) >= 11 is 0. The Bertz CT molecular complexity index is 242. The lowest BCUT2D eigenvalue weighted by Gasteiger charge is -2.27. The molecule has 0 aromatic heterocycles. The summed E-state index contributed by atoms with van der Waals surface area (Å²) in [6, 6.07) is 0. The lowest BCUT2D eigenvalue weighted by Crippen LogP contribution is -2.28. The Balaban J connectivity index is 2.38. The van der Waals surface area contributed by atoms with Crippen molar-refractivity contribution in [1.82, 2.24) is 5.32 Å². The quantitative estimate of drug-likeness (QED) is 0.445. The van der Waals surface area contributed by atoms with Gasteiger partial charge in [0.1, 0.15) is 0 Å². The van der Waals surface area contributed by atoms with Gasteiger partial charge in [0.05, 0.1) is 0 Å². The van der Waals surface area contributed by atoms with Crippen LogP contribution in [0.25, 0.3) is 0 Å². The zero-order chi connectivity index (χ0) is 13.2. The molecule has 0 spiro atoms. The van der Waals surface area contributed by atoms with Gasteiger partial charge in [-0.2, -0.15) is 0 Å². The van der Waals surface area contributed by atoms with Crippen LogP contribution in [-0.2, 0) is 0 Å². The fraction of sp³-hybridized carbons (Fsp3) is 0.882. The molecule has 0 aromatic carbocycles. The number of nitrogens with one attached hydrogen (secondary N) is 1. The van der Waals surface area contributed by atoms with E-state index in [2.05, 4.69) is 26.1 Å². The molecule has 1 atom stereocenters. The Morgan fingerprint density at radius 1 is 1.00 bits per heavy atom. The van der Waals surface area contributed by atoms with Crippen molar-refractivity contribution in [2.75, 3.05) is 13.1 Å². The van der Waals surface area contributed by atoms with Crippen molar-refractivity contribution in [2.24, 2.45) is 5.92 Å². The van der Waals surface area contributed by atoms with E-state index < -0.39 is 0 Å². The fourth-order valence-corrected chi connectivity index (χ4v) is 3.14. The highest BCUT2D eigenvalue weighted by Crippen LogP contribution is 2.28. The molecule has 0 fully saturated rings. The van der Waals surface area contributed by atoms with E-state index >= 15 is 0 Å². The third-order valence-electron chi connectivity index (χ3n) is 4.33. The Morgan fingerprint density at radius 3 is 2.44 bits per heavy atom. The molecular formula is C17H33N. The van der Waals surface area contributed by atoms with Crippen molar-refractivity contribution in [2.45, 2.75) is 78.6 Å².